The summed E-state index contributed by atoms with van der Waals surface area (Å²) in [5.41, 5.74) is 7.34. The molecule has 1 aromatic carbocycles. The molecule has 1 aliphatic heterocycles. The predicted octanol–water partition coefficient (Wildman–Crippen LogP) is 0.574. The fraction of sp³-hybridized carbons (Fsp3) is 0.548. The number of nitrogens with one attached hydrogen (secondary N) is 4. The molecule has 2 aromatic rings. The first-order chi connectivity index (χ1) is 20.9. The van der Waals surface area contributed by atoms with Gasteiger partial charge in [0.1, 0.15) is 30.2 Å². The van der Waals surface area contributed by atoms with Crippen LogP contribution in [0.5, 0.6) is 5.75 Å². The van der Waals surface area contributed by atoms with E-state index in [1.165, 1.54) is 23.4 Å². The molecule has 1 aromatic heterocycles. The Labute approximate surface area is 257 Å². The van der Waals surface area contributed by atoms with E-state index in [9.17, 15) is 29.1 Å². The molecule has 3 rings (SSSR count). The molecular weight excluding hydrogens is 566 g/mol. The van der Waals surface area contributed by atoms with Crippen molar-refractivity contribution in [3.63, 3.8) is 0 Å². The second-order valence-corrected chi connectivity index (χ2v) is 11.8. The van der Waals surface area contributed by atoms with Crippen LogP contribution in [0.4, 0.5) is 0 Å². The van der Waals surface area contributed by atoms with E-state index in [4.69, 9.17) is 5.73 Å². The molecule has 7 N–H and O–H groups in total. The SMILES string of the molecule is CC[C@H](C)[C@H](NC(=O)[C@H](Cc1ccc(O)cc1)NC(=O)[C@@H](N)C(C)C)C(=O)N[C@@H](Cc1cnc[nH]1)C(=O)N1CCC[C@H]1C=O. The number of benzene rings is 1. The van der Waals surface area contributed by atoms with Crippen LogP contribution in [0.15, 0.2) is 36.8 Å². The predicted molar refractivity (Wildman–Crippen MR) is 163 cm³/mol. The first kappa shape index (κ1) is 34.2. The van der Waals surface area contributed by atoms with Crippen molar-refractivity contribution in [1.82, 2.24) is 30.8 Å². The Morgan fingerprint density at radius 3 is 2.32 bits per heavy atom. The number of phenolic OH excluding ortho intramolecular Hbond substituents is 1. The van der Waals surface area contributed by atoms with Crippen LogP contribution in [0, 0.1) is 11.8 Å². The van der Waals surface area contributed by atoms with Crippen LogP contribution >= 0.6 is 0 Å². The number of aromatic amines is 1. The van der Waals surface area contributed by atoms with Crippen molar-refractivity contribution in [3.05, 3.63) is 48.0 Å². The molecule has 0 bridgehead atoms. The van der Waals surface area contributed by atoms with Crippen LogP contribution in [-0.2, 0) is 36.8 Å². The maximum atomic E-state index is 13.8. The Morgan fingerprint density at radius 2 is 1.73 bits per heavy atom. The van der Waals surface area contributed by atoms with E-state index in [1.807, 2.05) is 6.92 Å². The summed E-state index contributed by atoms with van der Waals surface area (Å²) in [6, 6.07) is 1.70. The zero-order valence-electron chi connectivity index (χ0n) is 25.8. The van der Waals surface area contributed by atoms with Gasteiger partial charge < -0.3 is 41.5 Å². The van der Waals surface area contributed by atoms with Gasteiger partial charge in [0, 0.05) is 31.3 Å². The lowest BCUT2D eigenvalue weighted by Crippen LogP contribution is -2.60. The van der Waals surface area contributed by atoms with Gasteiger partial charge in [-0.3, -0.25) is 19.2 Å². The number of rotatable bonds is 15. The summed E-state index contributed by atoms with van der Waals surface area (Å²) >= 11 is 0. The molecule has 13 nitrogen and oxygen atoms in total. The zero-order valence-corrected chi connectivity index (χ0v) is 25.8. The molecule has 0 radical (unpaired) electrons. The van der Waals surface area contributed by atoms with Crippen molar-refractivity contribution in [2.24, 2.45) is 17.6 Å². The topological polar surface area (TPSA) is 200 Å². The summed E-state index contributed by atoms with van der Waals surface area (Å²) in [5, 5.41) is 18.0. The summed E-state index contributed by atoms with van der Waals surface area (Å²) in [6.07, 6.45) is 5.74. The monoisotopic (exact) mass is 611 g/mol. The minimum Gasteiger partial charge on any atom is -0.508 e. The summed E-state index contributed by atoms with van der Waals surface area (Å²) < 4.78 is 0. The normalized spacial score (nSPS) is 18.1. The molecule has 13 heteroatoms. The van der Waals surface area contributed by atoms with Gasteiger partial charge in [-0.25, -0.2) is 4.98 Å². The Bertz CT molecular complexity index is 1270. The summed E-state index contributed by atoms with van der Waals surface area (Å²) in [4.78, 5) is 74.0. The van der Waals surface area contributed by atoms with E-state index in [-0.39, 0.29) is 30.4 Å². The van der Waals surface area contributed by atoms with Gasteiger partial charge in [0.15, 0.2) is 0 Å². The van der Waals surface area contributed by atoms with Gasteiger partial charge in [-0.2, -0.15) is 0 Å². The quantitative estimate of drug-likeness (QED) is 0.157. The number of imidazole rings is 1. The molecule has 2 heterocycles. The third-order valence-corrected chi connectivity index (χ3v) is 8.16. The van der Waals surface area contributed by atoms with Crippen molar-refractivity contribution in [2.75, 3.05) is 6.54 Å². The molecule has 0 saturated carbocycles. The van der Waals surface area contributed by atoms with Crippen LogP contribution in [0.2, 0.25) is 0 Å². The van der Waals surface area contributed by atoms with E-state index in [0.717, 1.165) is 6.29 Å². The molecule has 1 saturated heterocycles. The van der Waals surface area contributed by atoms with Gasteiger partial charge >= 0.3 is 0 Å². The molecule has 1 fully saturated rings. The molecule has 4 amide bonds. The molecule has 0 aliphatic carbocycles. The second-order valence-electron chi connectivity index (χ2n) is 11.8. The molecule has 240 valence electrons. The average Bonchev–Trinajstić information content (AvgIpc) is 3.71. The molecule has 1 aliphatic rings. The van der Waals surface area contributed by atoms with Crippen LogP contribution in [0.3, 0.4) is 0 Å². The molecule has 6 atom stereocenters. The van der Waals surface area contributed by atoms with Gasteiger partial charge in [0.25, 0.3) is 0 Å². The Balaban J connectivity index is 1.84. The van der Waals surface area contributed by atoms with Gasteiger partial charge in [-0.15, -0.1) is 0 Å². The van der Waals surface area contributed by atoms with Crippen molar-refractivity contribution in [2.45, 2.75) is 90.0 Å². The fourth-order valence-corrected chi connectivity index (χ4v) is 5.09. The number of hydrogen-bond acceptors (Lipinski definition) is 8. The van der Waals surface area contributed by atoms with Crippen LogP contribution < -0.4 is 21.7 Å². The van der Waals surface area contributed by atoms with E-state index in [2.05, 4.69) is 25.9 Å². The largest absolute Gasteiger partial charge is 0.508 e. The molecular formula is C31H45N7O6. The standard InChI is InChI=1S/C31H45N7O6/c1-5-19(4)27(30(43)36-25(14-21-15-33-17-34-21)31(44)38-12-6-7-22(38)16-39)37-28(41)24(35-29(42)26(32)18(2)3)13-20-8-10-23(40)11-9-20/h8-11,15-19,22,24-27,40H,5-7,12-14,32H2,1-4H3,(H,33,34)(H,35,42)(H,36,43)(H,37,41)/t19-,22-,24-,25-,26-,27-/m0/s1. The highest BCUT2D eigenvalue weighted by molar-refractivity contribution is 5.95. The third-order valence-electron chi connectivity index (χ3n) is 8.16. The highest BCUT2D eigenvalue weighted by atomic mass is 16.3. The van der Waals surface area contributed by atoms with Crippen molar-refractivity contribution in [3.8, 4) is 5.75 Å². The van der Waals surface area contributed by atoms with E-state index in [1.54, 1.807) is 39.1 Å². The molecule has 0 unspecified atom stereocenters. The minimum atomic E-state index is -1.07. The van der Waals surface area contributed by atoms with Crippen LogP contribution in [0.25, 0.3) is 0 Å². The van der Waals surface area contributed by atoms with Gasteiger partial charge in [0.05, 0.1) is 18.4 Å². The van der Waals surface area contributed by atoms with E-state index < -0.39 is 53.8 Å². The number of hydrogen-bond donors (Lipinski definition) is 6. The summed E-state index contributed by atoms with van der Waals surface area (Å²) in [6.45, 7) is 7.67. The number of aldehydes is 1. The highest BCUT2D eigenvalue weighted by Crippen LogP contribution is 2.19. The molecule has 0 spiro atoms. The number of carbonyl (C=O) groups is 5. The Hall–Kier alpha value is -4.26. The number of H-pyrrole nitrogens is 1. The van der Waals surface area contributed by atoms with Crippen molar-refractivity contribution in [1.29, 1.82) is 0 Å². The number of aromatic nitrogens is 2. The fourth-order valence-electron chi connectivity index (χ4n) is 5.09. The Morgan fingerprint density at radius 1 is 1.05 bits per heavy atom. The van der Waals surface area contributed by atoms with E-state index in [0.29, 0.717) is 37.1 Å². The average molecular weight is 612 g/mol. The number of likely N-dealkylation sites (tertiary alicyclic amines) is 1. The number of carbonyl (C=O) groups excluding carboxylic acids is 5. The summed E-state index contributed by atoms with van der Waals surface area (Å²) in [7, 11) is 0. The van der Waals surface area contributed by atoms with Crippen molar-refractivity contribution >= 4 is 29.9 Å². The maximum absolute atomic E-state index is 13.8. The van der Waals surface area contributed by atoms with Crippen LogP contribution in [-0.4, -0.2) is 86.6 Å². The lowest BCUT2D eigenvalue weighted by Gasteiger charge is -2.30. The number of aromatic hydroxyl groups is 1. The zero-order chi connectivity index (χ0) is 32.4. The number of nitrogens with zero attached hydrogens (tertiary/aromatic N) is 2. The number of nitrogens with two attached hydrogens (primary N) is 1. The van der Waals surface area contributed by atoms with Crippen LogP contribution in [0.1, 0.15) is 58.2 Å². The third kappa shape index (κ3) is 9.12. The lowest BCUT2D eigenvalue weighted by molar-refractivity contribution is -0.140. The number of phenols is 1. The van der Waals surface area contributed by atoms with Crippen molar-refractivity contribution < 1.29 is 29.1 Å². The lowest BCUT2D eigenvalue weighted by atomic mass is 9.96. The maximum Gasteiger partial charge on any atom is 0.246 e. The first-order valence-corrected chi connectivity index (χ1v) is 15.1. The smallest absolute Gasteiger partial charge is 0.246 e. The Kier molecular flexibility index (Phi) is 12.4. The second kappa shape index (κ2) is 16.0. The highest BCUT2D eigenvalue weighted by Gasteiger charge is 2.37. The summed E-state index contributed by atoms with van der Waals surface area (Å²) in [5.74, 6) is -2.52. The number of amides is 4. The van der Waals surface area contributed by atoms with Gasteiger partial charge in [0.2, 0.25) is 23.6 Å². The van der Waals surface area contributed by atoms with E-state index >= 15 is 0 Å². The minimum absolute atomic E-state index is 0.0572. The molecule has 44 heavy (non-hydrogen) atoms. The van der Waals surface area contributed by atoms with Gasteiger partial charge in [-0.1, -0.05) is 46.2 Å². The van der Waals surface area contributed by atoms with Gasteiger partial charge in [-0.05, 0) is 42.4 Å². The first-order valence-electron chi connectivity index (χ1n) is 15.1.